The summed E-state index contributed by atoms with van der Waals surface area (Å²) in [6, 6.07) is 8.83. The number of nitriles is 1. The molecule has 8 heteroatoms. The molecule has 0 fully saturated rings. The summed E-state index contributed by atoms with van der Waals surface area (Å²) in [5.74, 6) is 0.942. The van der Waals surface area contributed by atoms with Crippen LogP contribution >= 0.6 is 0 Å². The average molecular weight is 394 g/mol. The Kier molecular flexibility index (Phi) is 6.29. The van der Waals surface area contributed by atoms with Crippen molar-refractivity contribution in [2.24, 2.45) is 0 Å². The highest BCUT2D eigenvalue weighted by molar-refractivity contribution is 5.92. The number of nitrogens with one attached hydrogen (secondary N) is 1. The quantitative estimate of drug-likeness (QED) is 0.721. The summed E-state index contributed by atoms with van der Waals surface area (Å²) >= 11 is 0. The molecule has 0 radical (unpaired) electrons. The summed E-state index contributed by atoms with van der Waals surface area (Å²) in [7, 11) is 4.07. The SMILES string of the molecule is CCOC(=O)C1=C(C)Nc2nc(CCCN(C)C)nn2C1c1ccc(C#N)cc1. The van der Waals surface area contributed by atoms with Crippen LogP contribution < -0.4 is 5.32 Å². The van der Waals surface area contributed by atoms with Crippen molar-refractivity contribution in [3.63, 3.8) is 0 Å². The van der Waals surface area contributed by atoms with Crippen molar-refractivity contribution in [1.29, 1.82) is 5.26 Å². The Hall–Kier alpha value is -3.18. The number of carbonyl (C=O) groups is 1. The van der Waals surface area contributed by atoms with Gasteiger partial charge in [-0.05, 0) is 58.6 Å². The number of hydrogen-bond donors (Lipinski definition) is 1. The number of benzene rings is 1. The maximum atomic E-state index is 12.7. The van der Waals surface area contributed by atoms with E-state index in [-0.39, 0.29) is 12.6 Å². The van der Waals surface area contributed by atoms with Gasteiger partial charge in [0.25, 0.3) is 0 Å². The molecule has 8 nitrogen and oxygen atoms in total. The molecule has 0 saturated carbocycles. The van der Waals surface area contributed by atoms with E-state index in [1.165, 1.54) is 0 Å². The molecule has 1 aromatic heterocycles. The predicted octanol–water partition coefficient (Wildman–Crippen LogP) is 2.50. The summed E-state index contributed by atoms with van der Waals surface area (Å²) in [5, 5.41) is 17.0. The molecule has 1 atom stereocenters. The van der Waals surface area contributed by atoms with E-state index in [1.54, 1.807) is 23.7 Å². The van der Waals surface area contributed by atoms with E-state index in [9.17, 15) is 4.79 Å². The topological polar surface area (TPSA) is 96.1 Å². The lowest BCUT2D eigenvalue weighted by atomic mass is 9.95. The molecule has 0 saturated heterocycles. The summed E-state index contributed by atoms with van der Waals surface area (Å²) in [6.45, 7) is 4.86. The molecule has 0 bridgehead atoms. The number of hydrogen-bond acceptors (Lipinski definition) is 7. The van der Waals surface area contributed by atoms with E-state index in [0.717, 1.165) is 30.8 Å². The Morgan fingerprint density at radius 1 is 1.34 bits per heavy atom. The van der Waals surface area contributed by atoms with E-state index in [1.807, 2.05) is 33.2 Å². The second-order valence-electron chi connectivity index (χ2n) is 7.22. The fraction of sp³-hybridized carbons (Fsp3) is 0.429. The minimum absolute atomic E-state index is 0.287. The van der Waals surface area contributed by atoms with Gasteiger partial charge in [-0.25, -0.2) is 9.48 Å². The van der Waals surface area contributed by atoms with Crippen LogP contribution in [0.3, 0.4) is 0 Å². The highest BCUT2D eigenvalue weighted by Crippen LogP contribution is 2.35. The van der Waals surface area contributed by atoms with E-state index in [0.29, 0.717) is 22.8 Å². The number of nitrogens with zero attached hydrogens (tertiary/aromatic N) is 5. The van der Waals surface area contributed by atoms with Crippen molar-refractivity contribution >= 4 is 11.9 Å². The maximum Gasteiger partial charge on any atom is 0.338 e. The number of ether oxygens (including phenoxy) is 1. The average Bonchev–Trinajstić information content (AvgIpc) is 3.09. The molecule has 1 unspecified atom stereocenters. The third-order valence-corrected chi connectivity index (χ3v) is 4.75. The minimum atomic E-state index is -0.465. The second-order valence-corrected chi connectivity index (χ2v) is 7.22. The molecular formula is C21H26N6O2. The van der Waals surface area contributed by atoms with Gasteiger partial charge in [-0.1, -0.05) is 12.1 Å². The molecule has 0 amide bonds. The van der Waals surface area contributed by atoms with Crippen LogP contribution in [0.15, 0.2) is 35.5 Å². The molecule has 1 aromatic carbocycles. The highest BCUT2D eigenvalue weighted by atomic mass is 16.5. The summed E-state index contributed by atoms with van der Waals surface area (Å²) < 4.78 is 7.05. The first-order valence-corrected chi connectivity index (χ1v) is 9.69. The van der Waals surface area contributed by atoms with Crippen molar-refractivity contribution in [2.45, 2.75) is 32.7 Å². The lowest BCUT2D eigenvalue weighted by Crippen LogP contribution is -2.29. The van der Waals surface area contributed by atoms with Crippen LogP contribution in [0, 0.1) is 11.3 Å². The van der Waals surface area contributed by atoms with Gasteiger partial charge < -0.3 is 15.0 Å². The molecule has 29 heavy (non-hydrogen) atoms. The Bertz CT molecular complexity index is 953. The maximum absolute atomic E-state index is 12.7. The third-order valence-electron chi connectivity index (χ3n) is 4.75. The fourth-order valence-electron chi connectivity index (χ4n) is 3.38. The number of aryl methyl sites for hydroxylation is 1. The van der Waals surface area contributed by atoms with Crippen molar-refractivity contribution in [3.05, 3.63) is 52.5 Å². The molecule has 2 heterocycles. The third kappa shape index (κ3) is 4.46. The Labute approximate surface area is 170 Å². The number of fused-ring (bicyclic) bond motifs is 1. The molecule has 2 aromatic rings. The Morgan fingerprint density at radius 3 is 2.69 bits per heavy atom. The van der Waals surface area contributed by atoms with Crippen LogP contribution in [0.4, 0.5) is 5.95 Å². The fourth-order valence-corrected chi connectivity index (χ4v) is 3.38. The summed E-state index contributed by atoms with van der Waals surface area (Å²) in [6.07, 6.45) is 1.68. The first-order valence-electron chi connectivity index (χ1n) is 9.69. The van der Waals surface area contributed by atoms with E-state index in [2.05, 4.69) is 21.3 Å². The van der Waals surface area contributed by atoms with Crippen molar-refractivity contribution < 1.29 is 9.53 Å². The number of anilines is 1. The van der Waals surface area contributed by atoms with Crippen LogP contribution in [0.2, 0.25) is 0 Å². The van der Waals surface area contributed by atoms with Crippen LogP contribution in [0.1, 0.15) is 43.3 Å². The van der Waals surface area contributed by atoms with Crippen LogP contribution in [0.25, 0.3) is 0 Å². The Balaban J connectivity index is 2.00. The first kappa shape index (κ1) is 20.6. The first-order chi connectivity index (χ1) is 13.9. The highest BCUT2D eigenvalue weighted by Gasteiger charge is 2.35. The van der Waals surface area contributed by atoms with Gasteiger partial charge in [-0.3, -0.25) is 0 Å². The van der Waals surface area contributed by atoms with Gasteiger partial charge >= 0.3 is 5.97 Å². The van der Waals surface area contributed by atoms with Crippen molar-refractivity contribution in [3.8, 4) is 6.07 Å². The number of esters is 1. The van der Waals surface area contributed by atoms with Crippen LogP contribution in [0.5, 0.6) is 0 Å². The lowest BCUT2D eigenvalue weighted by Gasteiger charge is -2.28. The summed E-state index contributed by atoms with van der Waals surface area (Å²) in [5.41, 5.74) is 2.59. The molecule has 0 spiro atoms. The van der Waals surface area contributed by atoms with Gasteiger partial charge in [-0.2, -0.15) is 15.3 Å². The standard InChI is InChI=1S/C21H26N6O2/c1-5-29-20(28)18-14(2)23-21-24-17(7-6-12-26(3)4)25-27(21)19(18)16-10-8-15(13-22)9-11-16/h8-11,19H,5-7,12H2,1-4H3,(H,23,24,25). The summed E-state index contributed by atoms with van der Waals surface area (Å²) in [4.78, 5) is 19.5. The van der Waals surface area contributed by atoms with E-state index < -0.39 is 6.04 Å². The predicted molar refractivity (Wildman–Crippen MR) is 109 cm³/mol. The number of aromatic nitrogens is 3. The number of allylic oxidation sites excluding steroid dienone is 1. The minimum Gasteiger partial charge on any atom is -0.463 e. The van der Waals surface area contributed by atoms with Crippen molar-refractivity contribution in [1.82, 2.24) is 19.7 Å². The second kappa shape index (κ2) is 8.88. The van der Waals surface area contributed by atoms with Crippen molar-refractivity contribution in [2.75, 3.05) is 32.6 Å². The number of carbonyl (C=O) groups excluding carboxylic acids is 1. The normalized spacial score (nSPS) is 15.7. The zero-order valence-electron chi connectivity index (χ0n) is 17.3. The number of rotatable bonds is 7. The van der Waals surface area contributed by atoms with Gasteiger partial charge in [0.15, 0.2) is 5.82 Å². The molecule has 1 aliphatic heterocycles. The largest absolute Gasteiger partial charge is 0.463 e. The molecular weight excluding hydrogens is 368 g/mol. The van der Waals surface area contributed by atoms with Gasteiger partial charge in [0.1, 0.15) is 6.04 Å². The lowest BCUT2D eigenvalue weighted by molar-refractivity contribution is -0.139. The van der Waals surface area contributed by atoms with Gasteiger partial charge in [0.05, 0.1) is 23.8 Å². The van der Waals surface area contributed by atoms with E-state index >= 15 is 0 Å². The molecule has 1 aliphatic rings. The van der Waals surface area contributed by atoms with Gasteiger partial charge in [0.2, 0.25) is 5.95 Å². The van der Waals surface area contributed by atoms with Gasteiger partial charge in [0, 0.05) is 12.1 Å². The smallest absolute Gasteiger partial charge is 0.338 e. The zero-order valence-corrected chi connectivity index (χ0v) is 17.3. The molecule has 152 valence electrons. The van der Waals surface area contributed by atoms with E-state index in [4.69, 9.17) is 15.1 Å². The van der Waals surface area contributed by atoms with Gasteiger partial charge in [-0.15, -0.1) is 0 Å². The van der Waals surface area contributed by atoms with Crippen LogP contribution in [-0.4, -0.2) is 52.9 Å². The zero-order chi connectivity index (χ0) is 21.0. The van der Waals surface area contributed by atoms with Crippen LogP contribution in [-0.2, 0) is 16.0 Å². The Morgan fingerprint density at radius 2 is 2.07 bits per heavy atom. The molecule has 1 N–H and O–H groups in total. The molecule has 0 aliphatic carbocycles. The monoisotopic (exact) mass is 394 g/mol. The molecule has 3 rings (SSSR count).